The number of hydrogen-bond acceptors (Lipinski definition) is 3. The highest BCUT2D eigenvalue weighted by atomic mass is 16.4. The van der Waals surface area contributed by atoms with Gasteiger partial charge in [-0.25, -0.2) is 0 Å². The Morgan fingerprint density at radius 3 is 1.31 bits per heavy atom. The van der Waals surface area contributed by atoms with E-state index in [1.807, 2.05) is 72.8 Å². The molecule has 3 heteroatoms. The summed E-state index contributed by atoms with van der Waals surface area (Å²) in [6.45, 7) is 0. The molecule has 0 aromatic heterocycles. The third-order valence-electron chi connectivity index (χ3n) is 6.20. The highest BCUT2D eigenvalue weighted by Gasteiger charge is 2.65. The fraction of sp³-hybridized carbons (Fsp3) is 0.0690. The second kappa shape index (κ2) is 7.72. The third kappa shape index (κ3) is 2.79. The summed E-state index contributed by atoms with van der Waals surface area (Å²) in [7, 11) is 0. The lowest BCUT2D eigenvalue weighted by Gasteiger charge is -2.39. The summed E-state index contributed by atoms with van der Waals surface area (Å²) in [6, 6.07) is 36.2. The van der Waals surface area contributed by atoms with E-state index in [4.69, 9.17) is 0 Å². The lowest BCUT2D eigenvalue weighted by molar-refractivity contribution is -0.156. The lowest BCUT2D eigenvalue weighted by atomic mass is 9.71. The molecule has 0 bridgehead atoms. The van der Waals surface area contributed by atoms with Crippen LogP contribution in [0.4, 0.5) is 0 Å². The lowest BCUT2D eigenvalue weighted by Crippen LogP contribution is -2.51. The van der Waals surface area contributed by atoms with Gasteiger partial charge in [0.1, 0.15) is 0 Å². The van der Waals surface area contributed by atoms with Crippen LogP contribution in [-0.2, 0) is 16.0 Å². The zero-order chi connectivity index (χ0) is 22.2. The van der Waals surface area contributed by atoms with Crippen LogP contribution in [0.5, 0.6) is 0 Å². The minimum atomic E-state index is -2.20. The first-order valence-corrected chi connectivity index (χ1v) is 10.5. The van der Waals surface area contributed by atoms with E-state index in [1.54, 1.807) is 48.5 Å². The van der Waals surface area contributed by atoms with Gasteiger partial charge in [-0.1, -0.05) is 121 Å². The maximum atomic E-state index is 14.1. The van der Waals surface area contributed by atoms with Crippen LogP contribution in [0.1, 0.15) is 22.3 Å². The van der Waals surface area contributed by atoms with Gasteiger partial charge in [0.2, 0.25) is 5.78 Å². The van der Waals surface area contributed by atoms with Crippen molar-refractivity contribution < 1.29 is 15.0 Å². The first-order valence-electron chi connectivity index (χ1n) is 10.5. The molecular formula is C29H22O3. The Morgan fingerprint density at radius 2 is 0.844 bits per heavy atom. The summed E-state index contributed by atoms with van der Waals surface area (Å²) >= 11 is 0. The quantitative estimate of drug-likeness (QED) is 0.493. The van der Waals surface area contributed by atoms with Gasteiger partial charge < -0.3 is 10.2 Å². The number of rotatable bonds is 4. The average molecular weight is 418 g/mol. The van der Waals surface area contributed by atoms with Crippen molar-refractivity contribution in [2.45, 2.75) is 11.2 Å². The maximum Gasteiger partial charge on any atom is 0.203 e. The van der Waals surface area contributed by atoms with E-state index in [0.717, 1.165) is 0 Å². The zero-order valence-corrected chi connectivity index (χ0v) is 17.3. The molecule has 0 fully saturated rings. The van der Waals surface area contributed by atoms with Crippen LogP contribution >= 0.6 is 0 Å². The van der Waals surface area contributed by atoms with E-state index >= 15 is 0 Å². The van der Waals surface area contributed by atoms with E-state index < -0.39 is 17.0 Å². The number of hydrogen-bond donors (Lipinski definition) is 2. The average Bonchev–Trinajstić information content (AvgIpc) is 3.06. The molecule has 1 aliphatic carbocycles. The van der Waals surface area contributed by atoms with Crippen molar-refractivity contribution in [3.8, 4) is 0 Å². The fourth-order valence-electron chi connectivity index (χ4n) is 4.71. The summed E-state index contributed by atoms with van der Waals surface area (Å²) in [5.74, 6) is -0.528. The van der Waals surface area contributed by atoms with Crippen molar-refractivity contribution in [3.63, 3.8) is 0 Å². The summed E-state index contributed by atoms with van der Waals surface area (Å²) in [6.07, 6.45) is 0. The Balaban J connectivity index is 1.93. The van der Waals surface area contributed by atoms with Crippen molar-refractivity contribution in [2.75, 3.05) is 0 Å². The predicted octanol–water partition coefficient (Wildman–Crippen LogP) is 4.96. The highest BCUT2D eigenvalue weighted by Crippen LogP contribution is 2.59. The number of ketones is 1. The van der Waals surface area contributed by atoms with Gasteiger partial charge >= 0.3 is 0 Å². The first kappa shape index (κ1) is 20.1. The third-order valence-corrected chi connectivity index (χ3v) is 6.20. The summed E-state index contributed by atoms with van der Waals surface area (Å²) in [4.78, 5) is 14.1. The molecule has 2 atom stereocenters. The molecule has 0 saturated carbocycles. The summed E-state index contributed by atoms with van der Waals surface area (Å²) in [5, 5.41) is 24.7. The molecule has 5 rings (SSSR count). The molecule has 4 aromatic carbocycles. The van der Waals surface area contributed by atoms with Crippen LogP contribution in [0.2, 0.25) is 0 Å². The van der Waals surface area contributed by atoms with Gasteiger partial charge in [0.15, 0.2) is 11.2 Å². The van der Waals surface area contributed by atoms with E-state index in [2.05, 4.69) is 0 Å². The Bertz CT molecular complexity index is 1280. The first-order chi connectivity index (χ1) is 15.6. The molecule has 0 aliphatic heterocycles. The van der Waals surface area contributed by atoms with Gasteiger partial charge in [0.25, 0.3) is 0 Å². The van der Waals surface area contributed by atoms with Crippen LogP contribution in [0, 0.1) is 0 Å². The Morgan fingerprint density at radius 1 is 0.469 bits per heavy atom. The number of Topliss-reactive ketones (excluding diaryl/α,β-unsaturated/α-hetero) is 1. The van der Waals surface area contributed by atoms with Crippen molar-refractivity contribution in [1.82, 2.24) is 0 Å². The van der Waals surface area contributed by atoms with Crippen LogP contribution < -0.4 is 0 Å². The van der Waals surface area contributed by atoms with Crippen LogP contribution in [0.3, 0.4) is 0 Å². The highest BCUT2D eigenvalue weighted by molar-refractivity contribution is 6.36. The predicted molar refractivity (Wildman–Crippen MR) is 125 cm³/mol. The van der Waals surface area contributed by atoms with Crippen molar-refractivity contribution in [3.05, 3.63) is 144 Å². The smallest absolute Gasteiger partial charge is 0.203 e. The number of carbonyl (C=O) groups is 1. The normalized spacial score (nSPS) is 22.9. The maximum absolute atomic E-state index is 14.1. The van der Waals surface area contributed by atoms with Crippen molar-refractivity contribution in [2.24, 2.45) is 0 Å². The van der Waals surface area contributed by atoms with Gasteiger partial charge in [0, 0.05) is 11.1 Å². The van der Waals surface area contributed by atoms with Crippen LogP contribution in [-0.4, -0.2) is 16.0 Å². The second-order valence-corrected chi connectivity index (χ2v) is 7.96. The molecule has 156 valence electrons. The van der Waals surface area contributed by atoms with Gasteiger partial charge in [-0.05, 0) is 22.3 Å². The van der Waals surface area contributed by atoms with Gasteiger partial charge in [-0.15, -0.1) is 0 Å². The molecule has 2 N–H and O–H groups in total. The molecule has 3 nitrogen and oxygen atoms in total. The number of carbonyl (C=O) groups excluding carboxylic acids is 1. The fourth-order valence-corrected chi connectivity index (χ4v) is 4.71. The molecule has 0 heterocycles. The van der Waals surface area contributed by atoms with Crippen LogP contribution in [0.25, 0.3) is 11.1 Å². The van der Waals surface area contributed by atoms with Crippen LogP contribution in [0.15, 0.2) is 121 Å². The summed E-state index contributed by atoms with van der Waals surface area (Å²) in [5.41, 5.74) is -1.37. The molecule has 0 saturated heterocycles. The SMILES string of the molecule is O=C1C(c2ccccc2)=C(c2ccccc2)[C@@](O)(c2ccccc2)[C@@]1(O)c1ccccc1. The van der Waals surface area contributed by atoms with Gasteiger partial charge in [-0.2, -0.15) is 0 Å². The zero-order valence-electron chi connectivity index (χ0n) is 17.3. The molecule has 0 spiro atoms. The van der Waals surface area contributed by atoms with E-state index in [1.165, 1.54) is 0 Å². The second-order valence-electron chi connectivity index (χ2n) is 7.96. The monoisotopic (exact) mass is 418 g/mol. The number of benzene rings is 4. The minimum absolute atomic E-state index is 0.314. The van der Waals surface area contributed by atoms with Gasteiger partial charge in [-0.3, -0.25) is 4.79 Å². The molecule has 1 aliphatic rings. The topological polar surface area (TPSA) is 57.5 Å². The van der Waals surface area contributed by atoms with E-state index in [-0.39, 0.29) is 0 Å². The standard InChI is InChI=1S/C29H22O3/c30-27-25(21-13-5-1-6-14-21)26(22-15-7-2-8-16-22)28(31,23-17-9-3-10-18-23)29(27,32)24-19-11-4-12-20-24/h1-20,31-32H/t28-,29+/m0/s1. The Hall–Kier alpha value is -3.79. The molecule has 0 amide bonds. The largest absolute Gasteiger partial charge is 0.376 e. The van der Waals surface area contributed by atoms with Crippen molar-refractivity contribution >= 4 is 16.9 Å². The molecule has 0 unspecified atom stereocenters. The molecule has 0 radical (unpaired) electrons. The van der Waals surface area contributed by atoms with E-state index in [0.29, 0.717) is 33.4 Å². The van der Waals surface area contributed by atoms with Gasteiger partial charge in [0.05, 0.1) is 0 Å². The van der Waals surface area contributed by atoms with Crippen molar-refractivity contribution in [1.29, 1.82) is 0 Å². The van der Waals surface area contributed by atoms with E-state index in [9.17, 15) is 15.0 Å². The summed E-state index contributed by atoms with van der Waals surface area (Å²) < 4.78 is 0. The Kier molecular flexibility index (Phi) is 4.86. The molecular weight excluding hydrogens is 396 g/mol. The molecule has 4 aromatic rings. The number of aliphatic hydroxyl groups is 2. The Labute approximate surface area is 186 Å². The minimum Gasteiger partial charge on any atom is -0.376 e. The molecule has 32 heavy (non-hydrogen) atoms.